The zero-order valence-electron chi connectivity index (χ0n) is 18.4. The average Bonchev–Trinajstić information content (AvgIpc) is 3.41. The topological polar surface area (TPSA) is 94.4 Å². The van der Waals surface area contributed by atoms with Gasteiger partial charge in [0.25, 0.3) is 0 Å². The summed E-state index contributed by atoms with van der Waals surface area (Å²) in [6, 6.07) is 4.82. The van der Waals surface area contributed by atoms with Crippen molar-refractivity contribution in [2.24, 2.45) is 0 Å². The number of rotatable bonds is 5. The molecule has 0 radical (unpaired) electrons. The molecule has 166 valence electrons. The van der Waals surface area contributed by atoms with Gasteiger partial charge in [0.05, 0.1) is 31.3 Å². The van der Waals surface area contributed by atoms with E-state index in [1.165, 1.54) is 5.56 Å². The van der Waals surface area contributed by atoms with Crippen molar-refractivity contribution in [3.05, 3.63) is 64.7 Å². The minimum absolute atomic E-state index is 0.185. The molecule has 32 heavy (non-hydrogen) atoms. The van der Waals surface area contributed by atoms with Crippen LogP contribution in [0.2, 0.25) is 0 Å². The summed E-state index contributed by atoms with van der Waals surface area (Å²) < 4.78 is 12.0. The number of piperazine rings is 1. The lowest BCUT2D eigenvalue weighted by Gasteiger charge is -2.38. The number of cyclic esters (lactones) is 1. The van der Waals surface area contributed by atoms with Gasteiger partial charge >= 0.3 is 12.0 Å². The van der Waals surface area contributed by atoms with Gasteiger partial charge in [-0.2, -0.15) is 5.10 Å². The van der Waals surface area contributed by atoms with Crippen LogP contribution in [0.4, 0.5) is 0 Å². The summed E-state index contributed by atoms with van der Waals surface area (Å²) in [4.78, 5) is 22.6. The van der Waals surface area contributed by atoms with Crippen molar-refractivity contribution in [3.8, 4) is 11.7 Å². The summed E-state index contributed by atoms with van der Waals surface area (Å²) in [5, 5.41) is 8.19. The van der Waals surface area contributed by atoms with Gasteiger partial charge in [-0.1, -0.05) is 6.07 Å². The highest BCUT2D eigenvalue weighted by atomic mass is 16.5. The molecule has 1 fully saturated rings. The second-order valence-corrected chi connectivity index (χ2v) is 8.42. The first kappa shape index (κ1) is 20.6. The maximum Gasteiger partial charge on any atom is 0.338 e. The molecule has 0 spiro atoms. The molecule has 1 unspecified atom stereocenters. The van der Waals surface area contributed by atoms with E-state index in [4.69, 9.17) is 9.47 Å². The monoisotopic (exact) mass is 434 g/mol. The number of nitrogens with one attached hydrogen (secondary N) is 1. The van der Waals surface area contributed by atoms with E-state index in [0.717, 1.165) is 42.0 Å². The molecule has 2 aliphatic rings. The normalized spacial score (nSPS) is 20.8. The third-order valence-electron chi connectivity index (χ3n) is 6.15. The van der Waals surface area contributed by atoms with Crippen molar-refractivity contribution in [2.75, 3.05) is 20.2 Å². The highest BCUT2D eigenvalue weighted by Crippen LogP contribution is 2.31. The number of aromatic nitrogens is 4. The maximum absolute atomic E-state index is 11.9. The van der Waals surface area contributed by atoms with E-state index < -0.39 is 0 Å². The summed E-state index contributed by atoms with van der Waals surface area (Å²) in [5.74, 6) is -0.222. The molecule has 0 aliphatic carbocycles. The van der Waals surface area contributed by atoms with Gasteiger partial charge in [0.15, 0.2) is 0 Å². The Hall–Kier alpha value is -3.30. The Morgan fingerprint density at radius 2 is 2.03 bits per heavy atom. The molecule has 0 saturated carbocycles. The number of hydrogen-bond acceptors (Lipinski definition) is 8. The summed E-state index contributed by atoms with van der Waals surface area (Å²) in [7, 11) is 1.54. The molecule has 0 amide bonds. The highest BCUT2D eigenvalue weighted by molar-refractivity contribution is 5.94. The van der Waals surface area contributed by atoms with E-state index in [2.05, 4.69) is 45.2 Å². The number of esters is 1. The van der Waals surface area contributed by atoms with Gasteiger partial charge in [-0.05, 0) is 31.0 Å². The molecule has 2 atom stereocenters. The van der Waals surface area contributed by atoms with E-state index >= 15 is 0 Å². The van der Waals surface area contributed by atoms with Crippen molar-refractivity contribution >= 4 is 5.97 Å². The molecule has 0 bridgehead atoms. The molecule has 5 rings (SSSR count). The molecule has 3 aromatic rings. The first-order valence-electron chi connectivity index (χ1n) is 10.7. The Labute approximate surface area is 186 Å². The number of benzene rings is 1. The van der Waals surface area contributed by atoms with Crippen LogP contribution in [0.1, 0.15) is 45.6 Å². The lowest BCUT2D eigenvalue weighted by molar-refractivity contribution is 0.0535. The van der Waals surface area contributed by atoms with Crippen LogP contribution in [0.3, 0.4) is 0 Å². The van der Waals surface area contributed by atoms with Gasteiger partial charge in [-0.15, -0.1) is 0 Å². The van der Waals surface area contributed by atoms with Gasteiger partial charge < -0.3 is 14.8 Å². The second kappa shape index (κ2) is 8.33. The van der Waals surface area contributed by atoms with Crippen molar-refractivity contribution in [1.29, 1.82) is 0 Å². The SMILES string of the molecule is COc1ncc(-n2cc(CN3CC(C)N[C@H](c4ccc5c(c4C)COC5=O)C3)cn2)cn1. The van der Waals surface area contributed by atoms with E-state index in [-0.39, 0.29) is 12.0 Å². The summed E-state index contributed by atoms with van der Waals surface area (Å²) in [6.07, 6.45) is 7.28. The number of ether oxygens (including phenoxy) is 2. The van der Waals surface area contributed by atoms with Gasteiger partial charge in [0.1, 0.15) is 12.3 Å². The lowest BCUT2D eigenvalue weighted by atomic mass is 9.92. The van der Waals surface area contributed by atoms with Crippen molar-refractivity contribution < 1.29 is 14.3 Å². The van der Waals surface area contributed by atoms with Crippen LogP contribution in [-0.2, 0) is 17.9 Å². The molecule has 2 aliphatic heterocycles. The number of fused-ring (bicyclic) bond motifs is 1. The number of nitrogens with zero attached hydrogens (tertiary/aromatic N) is 5. The van der Waals surface area contributed by atoms with Crippen molar-refractivity contribution in [3.63, 3.8) is 0 Å². The van der Waals surface area contributed by atoms with Gasteiger partial charge in [0.2, 0.25) is 0 Å². The average molecular weight is 435 g/mol. The Balaban J connectivity index is 1.31. The first-order chi connectivity index (χ1) is 15.5. The maximum atomic E-state index is 11.9. The van der Waals surface area contributed by atoms with Crippen LogP contribution in [0, 0.1) is 6.92 Å². The molecule has 4 heterocycles. The third kappa shape index (κ3) is 3.85. The quantitative estimate of drug-likeness (QED) is 0.611. The van der Waals surface area contributed by atoms with Crippen LogP contribution in [0.5, 0.6) is 6.01 Å². The summed E-state index contributed by atoms with van der Waals surface area (Å²) >= 11 is 0. The molecular weight excluding hydrogens is 408 g/mol. The zero-order valence-corrected chi connectivity index (χ0v) is 18.4. The van der Waals surface area contributed by atoms with Crippen LogP contribution < -0.4 is 10.1 Å². The molecule has 2 aromatic heterocycles. The van der Waals surface area contributed by atoms with Crippen molar-refractivity contribution in [2.45, 2.75) is 39.1 Å². The van der Waals surface area contributed by atoms with E-state index in [9.17, 15) is 4.79 Å². The number of methoxy groups -OCH3 is 1. The van der Waals surface area contributed by atoms with Crippen LogP contribution in [-0.4, -0.2) is 56.9 Å². The van der Waals surface area contributed by atoms with Gasteiger partial charge in [-0.25, -0.2) is 19.4 Å². The van der Waals surface area contributed by atoms with Crippen LogP contribution in [0.15, 0.2) is 36.9 Å². The lowest BCUT2D eigenvalue weighted by Crippen LogP contribution is -2.50. The van der Waals surface area contributed by atoms with Crippen LogP contribution >= 0.6 is 0 Å². The standard InChI is InChI=1S/C23H26N6O3/c1-14-9-28(10-16-6-26-29(11-16)17-7-24-23(31-3)25-8-17)12-21(27-14)18-4-5-19-20(15(18)2)13-32-22(19)30/h4-8,11,14,21,27H,9-10,12-13H2,1-3H3/t14?,21-/m0/s1. The van der Waals surface area contributed by atoms with E-state index in [0.29, 0.717) is 24.2 Å². The van der Waals surface area contributed by atoms with Gasteiger partial charge in [0, 0.05) is 49.0 Å². The Morgan fingerprint density at radius 1 is 1.22 bits per heavy atom. The number of carbonyl (C=O) groups excluding carboxylic acids is 1. The Morgan fingerprint density at radius 3 is 2.81 bits per heavy atom. The van der Waals surface area contributed by atoms with Crippen molar-refractivity contribution in [1.82, 2.24) is 30.0 Å². The Bertz CT molecular complexity index is 1140. The molecule has 1 aromatic carbocycles. The number of hydrogen-bond donors (Lipinski definition) is 1. The fourth-order valence-corrected chi connectivity index (χ4v) is 4.61. The summed E-state index contributed by atoms with van der Waals surface area (Å²) in [5.41, 5.74) is 5.99. The molecule has 1 N–H and O–H groups in total. The fourth-order valence-electron chi connectivity index (χ4n) is 4.61. The largest absolute Gasteiger partial charge is 0.467 e. The van der Waals surface area contributed by atoms with E-state index in [1.807, 2.05) is 18.5 Å². The first-order valence-corrected chi connectivity index (χ1v) is 10.7. The zero-order chi connectivity index (χ0) is 22.2. The highest BCUT2D eigenvalue weighted by Gasteiger charge is 2.30. The molecular formula is C23H26N6O3. The third-order valence-corrected chi connectivity index (χ3v) is 6.15. The molecule has 1 saturated heterocycles. The predicted molar refractivity (Wildman–Crippen MR) is 117 cm³/mol. The smallest absolute Gasteiger partial charge is 0.338 e. The fraction of sp³-hybridized carbons (Fsp3) is 0.391. The van der Waals surface area contributed by atoms with E-state index in [1.54, 1.807) is 24.2 Å². The molecule has 9 heteroatoms. The minimum Gasteiger partial charge on any atom is -0.467 e. The predicted octanol–water partition coefficient (Wildman–Crippen LogP) is 2.18. The van der Waals surface area contributed by atoms with Crippen LogP contribution in [0.25, 0.3) is 5.69 Å². The number of carbonyl (C=O) groups is 1. The van der Waals surface area contributed by atoms with Gasteiger partial charge in [-0.3, -0.25) is 4.90 Å². The molecule has 9 nitrogen and oxygen atoms in total. The summed E-state index contributed by atoms with van der Waals surface area (Å²) in [6.45, 7) is 7.27. The minimum atomic E-state index is -0.222. The Kier molecular flexibility index (Phi) is 5.36. The second-order valence-electron chi connectivity index (χ2n) is 8.42.